The molecule has 0 N–H and O–H groups in total. The fraction of sp³-hybridized carbons (Fsp3) is 0.333. The zero-order chi connectivity index (χ0) is 15.1. The lowest BCUT2D eigenvalue weighted by atomic mass is 9.98. The van der Waals surface area contributed by atoms with Gasteiger partial charge in [-0.25, -0.2) is 0 Å². The Kier molecular flexibility index (Phi) is 3.19. The molecule has 1 aromatic carbocycles. The number of hydrogen-bond acceptors (Lipinski definition) is 3. The second-order valence-corrected chi connectivity index (χ2v) is 6.14. The number of likely N-dealkylation sites (N-methyl/N-ethyl adjacent to an activating group) is 1. The molecule has 1 aromatic heterocycles. The van der Waals surface area contributed by atoms with Crippen LogP contribution in [-0.4, -0.2) is 35.9 Å². The molecule has 0 aliphatic carbocycles. The minimum Gasteiger partial charge on any atom is -0.303 e. The topological polar surface area (TPSA) is 36.4 Å². The number of nitrogens with zero attached hydrogens (tertiary/aromatic N) is 3. The van der Waals surface area contributed by atoms with E-state index in [0.29, 0.717) is 6.42 Å². The maximum absolute atomic E-state index is 12.8. The second-order valence-electron chi connectivity index (χ2n) is 6.14. The Morgan fingerprint density at radius 2 is 2.05 bits per heavy atom. The molecule has 1 fully saturated rings. The highest BCUT2D eigenvalue weighted by Gasteiger charge is 2.35. The molecule has 1 saturated heterocycles. The van der Waals surface area contributed by atoms with Gasteiger partial charge in [-0.1, -0.05) is 24.3 Å². The molecular formula is C18H19N3O. The smallest absolute Gasteiger partial charge is 0.228 e. The number of amides is 1. The zero-order valence-corrected chi connectivity index (χ0v) is 12.7. The van der Waals surface area contributed by atoms with Crippen molar-refractivity contribution < 1.29 is 4.79 Å². The van der Waals surface area contributed by atoms with Crippen molar-refractivity contribution in [3.05, 3.63) is 59.4 Å². The van der Waals surface area contributed by atoms with Gasteiger partial charge < -0.3 is 9.80 Å². The van der Waals surface area contributed by atoms with E-state index in [4.69, 9.17) is 0 Å². The van der Waals surface area contributed by atoms with Crippen molar-refractivity contribution in [3.63, 3.8) is 0 Å². The first-order valence-corrected chi connectivity index (χ1v) is 7.76. The minimum absolute atomic E-state index is 0.0710. The number of fused-ring (bicyclic) bond motifs is 5. The first kappa shape index (κ1) is 13.5. The SMILES string of the molecule is CN1CCC(=O)N2c3cccnc3Cc3ccccc3C2C1. The molecule has 0 bridgehead atoms. The third kappa shape index (κ3) is 2.11. The Morgan fingerprint density at radius 3 is 2.95 bits per heavy atom. The van der Waals surface area contributed by atoms with Gasteiger partial charge in [0.15, 0.2) is 0 Å². The molecule has 0 spiro atoms. The van der Waals surface area contributed by atoms with Crippen molar-refractivity contribution in [2.45, 2.75) is 18.9 Å². The number of carbonyl (C=O) groups is 1. The van der Waals surface area contributed by atoms with Crippen LogP contribution in [0.1, 0.15) is 29.3 Å². The summed E-state index contributed by atoms with van der Waals surface area (Å²) in [6.07, 6.45) is 3.16. The van der Waals surface area contributed by atoms with Crippen LogP contribution < -0.4 is 4.90 Å². The number of pyridine rings is 1. The second kappa shape index (κ2) is 5.21. The van der Waals surface area contributed by atoms with Crippen LogP contribution in [0.4, 0.5) is 5.69 Å². The van der Waals surface area contributed by atoms with Gasteiger partial charge in [-0.2, -0.15) is 0 Å². The molecule has 22 heavy (non-hydrogen) atoms. The van der Waals surface area contributed by atoms with Gasteiger partial charge in [0.05, 0.1) is 17.4 Å². The average Bonchev–Trinajstić information content (AvgIpc) is 2.76. The average molecular weight is 293 g/mol. The number of carbonyl (C=O) groups excluding carboxylic acids is 1. The minimum atomic E-state index is 0.0710. The summed E-state index contributed by atoms with van der Waals surface area (Å²) in [5, 5.41) is 0. The molecule has 4 heteroatoms. The van der Waals surface area contributed by atoms with Gasteiger partial charge in [0.1, 0.15) is 0 Å². The molecule has 1 atom stereocenters. The normalized spacial score (nSPS) is 21.4. The van der Waals surface area contributed by atoms with E-state index in [-0.39, 0.29) is 11.9 Å². The number of hydrogen-bond donors (Lipinski definition) is 0. The van der Waals surface area contributed by atoms with E-state index < -0.39 is 0 Å². The molecule has 3 heterocycles. The number of rotatable bonds is 0. The van der Waals surface area contributed by atoms with E-state index in [9.17, 15) is 4.79 Å². The predicted octanol–water partition coefficient (Wildman–Crippen LogP) is 2.40. The Balaban J connectivity index is 1.95. The standard InChI is InChI=1S/C18H19N3O/c1-20-10-8-18(22)21-16-7-4-9-19-15(16)11-13-5-2-3-6-14(13)17(21)12-20/h2-7,9,17H,8,10-12H2,1H3. The molecular weight excluding hydrogens is 274 g/mol. The summed E-state index contributed by atoms with van der Waals surface area (Å²) in [6, 6.07) is 12.5. The largest absolute Gasteiger partial charge is 0.303 e. The summed E-state index contributed by atoms with van der Waals surface area (Å²) >= 11 is 0. The van der Waals surface area contributed by atoms with Crippen LogP contribution in [0.25, 0.3) is 0 Å². The Hall–Kier alpha value is -2.20. The summed E-state index contributed by atoms with van der Waals surface area (Å²) in [7, 11) is 2.09. The van der Waals surface area contributed by atoms with Crippen LogP contribution in [0.3, 0.4) is 0 Å². The molecule has 2 aromatic rings. The molecule has 1 unspecified atom stereocenters. The monoisotopic (exact) mass is 293 g/mol. The van der Waals surface area contributed by atoms with Crippen molar-refractivity contribution in [3.8, 4) is 0 Å². The van der Waals surface area contributed by atoms with Crippen molar-refractivity contribution in [2.75, 3.05) is 25.0 Å². The first-order chi connectivity index (χ1) is 10.7. The molecule has 2 aliphatic heterocycles. The molecule has 0 radical (unpaired) electrons. The van der Waals surface area contributed by atoms with Gasteiger partial charge in [-0.05, 0) is 30.3 Å². The third-order valence-corrected chi connectivity index (χ3v) is 4.67. The summed E-state index contributed by atoms with van der Waals surface area (Å²) in [5.41, 5.74) is 4.50. The molecule has 4 rings (SSSR count). The Bertz CT molecular complexity index is 728. The number of benzene rings is 1. The lowest BCUT2D eigenvalue weighted by molar-refractivity contribution is -0.118. The fourth-order valence-electron chi connectivity index (χ4n) is 3.57. The van der Waals surface area contributed by atoms with E-state index in [0.717, 1.165) is 30.9 Å². The van der Waals surface area contributed by atoms with E-state index in [1.54, 1.807) is 0 Å². The predicted molar refractivity (Wildman–Crippen MR) is 85.8 cm³/mol. The van der Waals surface area contributed by atoms with Gasteiger partial charge in [0.2, 0.25) is 5.91 Å². The van der Waals surface area contributed by atoms with Gasteiger partial charge >= 0.3 is 0 Å². The lowest BCUT2D eigenvalue weighted by Gasteiger charge is -2.31. The van der Waals surface area contributed by atoms with E-state index in [2.05, 4.69) is 41.2 Å². The van der Waals surface area contributed by atoms with Gasteiger partial charge in [0, 0.05) is 32.1 Å². The highest BCUT2D eigenvalue weighted by atomic mass is 16.2. The Labute approximate surface area is 130 Å². The Morgan fingerprint density at radius 1 is 1.18 bits per heavy atom. The third-order valence-electron chi connectivity index (χ3n) is 4.67. The van der Waals surface area contributed by atoms with E-state index in [1.165, 1.54) is 11.1 Å². The van der Waals surface area contributed by atoms with Crippen molar-refractivity contribution in [1.82, 2.24) is 9.88 Å². The molecule has 0 saturated carbocycles. The summed E-state index contributed by atoms with van der Waals surface area (Å²) in [4.78, 5) is 21.6. The molecule has 2 aliphatic rings. The lowest BCUT2D eigenvalue weighted by Crippen LogP contribution is -2.36. The molecule has 112 valence electrons. The van der Waals surface area contributed by atoms with Crippen LogP contribution in [-0.2, 0) is 11.2 Å². The van der Waals surface area contributed by atoms with Crippen molar-refractivity contribution >= 4 is 11.6 Å². The number of anilines is 1. The van der Waals surface area contributed by atoms with Gasteiger partial charge in [-0.3, -0.25) is 9.78 Å². The van der Waals surface area contributed by atoms with E-state index in [1.807, 2.05) is 23.2 Å². The van der Waals surface area contributed by atoms with Crippen LogP contribution in [0, 0.1) is 0 Å². The number of aromatic nitrogens is 1. The highest BCUT2D eigenvalue weighted by molar-refractivity contribution is 5.95. The quantitative estimate of drug-likeness (QED) is 0.748. The maximum atomic E-state index is 12.8. The van der Waals surface area contributed by atoms with Gasteiger partial charge in [-0.15, -0.1) is 0 Å². The zero-order valence-electron chi connectivity index (χ0n) is 12.7. The summed E-state index contributed by atoms with van der Waals surface area (Å²) < 4.78 is 0. The van der Waals surface area contributed by atoms with Crippen LogP contribution in [0.15, 0.2) is 42.6 Å². The van der Waals surface area contributed by atoms with Gasteiger partial charge in [0.25, 0.3) is 0 Å². The van der Waals surface area contributed by atoms with Crippen molar-refractivity contribution in [2.24, 2.45) is 0 Å². The van der Waals surface area contributed by atoms with Crippen LogP contribution in [0.5, 0.6) is 0 Å². The summed E-state index contributed by atoms with van der Waals surface area (Å²) in [5.74, 6) is 0.195. The van der Waals surface area contributed by atoms with Crippen LogP contribution >= 0.6 is 0 Å². The molecule has 1 amide bonds. The highest BCUT2D eigenvalue weighted by Crippen LogP contribution is 2.38. The molecule has 4 nitrogen and oxygen atoms in total. The van der Waals surface area contributed by atoms with Crippen molar-refractivity contribution in [1.29, 1.82) is 0 Å². The fourth-order valence-corrected chi connectivity index (χ4v) is 3.57. The van der Waals surface area contributed by atoms with E-state index >= 15 is 0 Å². The summed E-state index contributed by atoms with van der Waals surface area (Å²) in [6.45, 7) is 1.67. The maximum Gasteiger partial charge on any atom is 0.228 e. The van der Waals surface area contributed by atoms with Crippen LogP contribution in [0.2, 0.25) is 0 Å². The first-order valence-electron chi connectivity index (χ1n) is 7.76.